The Bertz CT molecular complexity index is 276. The maximum absolute atomic E-state index is 4.38. The molecule has 0 aliphatic carbocycles. The van der Waals surface area contributed by atoms with Crippen LogP contribution >= 0.6 is 0 Å². The van der Waals surface area contributed by atoms with Crippen molar-refractivity contribution in [2.24, 2.45) is 0 Å². The van der Waals surface area contributed by atoms with Gasteiger partial charge in [0.1, 0.15) is 0 Å². The van der Waals surface area contributed by atoms with Crippen LogP contribution < -0.4 is 0 Å². The van der Waals surface area contributed by atoms with Gasteiger partial charge >= 0.3 is 0 Å². The minimum atomic E-state index is 0.442. The van der Waals surface area contributed by atoms with Crippen molar-refractivity contribution in [3.63, 3.8) is 0 Å². The van der Waals surface area contributed by atoms with Gasteiger partial charge in [0.15, 0.2) is 0 Å². The molecule has 0 aliphatic rings. The van der Waals surface area contributed by atoms with Crippen LogP contribution in [0.5, 0.6) is 0 Å². The molecule has 1 rings (SSSR count). The first-order valence-corrected chi connectivity index (χ1v) is 5.19. The Hall–Kier alpha value is -0.830. The second-order valence-corrected chi connectivity index (χ2v) is 4.52. The summed E-state index contributed by atoms with van der Waals surface area (Å²) in [5.74, 6) is 0.565. The van der Waals surface area contributed by atoms with E-state index in [4.69, 9.17) is 0 Å². The van der Waals surface area contributed by atoms with Crippen molar-refractivity contribution in [2.75, 3.05) is 20.6 Å². The van der Waals surface area contributed by atoms with Crippen molar-refractivity contribution >= 4 is 0 Å². The van der Waals surface area contributed by atoms with E-state index in [2.05, 4.69) is 55.7 Å². The Labute approximate surface area is 86.7 Å². The van der Waals surface area contributed by atoms with E-state index < -0.39 is 0 Å². The van der Waals surface area contributed by atoms with Crippen LogP contribution in [0.4, 0.5) is 0 Å². The number of hydrogen-bond donors (Lipinski definition) is 0. The van der Waals surface area contributed by atoms with E-state index in [0.717, 1.165) is 6.54 Å². The van der Waals surface area contributed by atoms with Gasteiger partial charge in [0.05, 0.1) is 12.2 Å². The number of rotatable bonds is 4. The van der Waals surface area contributed by atoms with Gasteiger partial charge in [-0.15, -0.1) is 0 Å². The van der Waals surface area contributed by atoms with E-state index in [-0.39, 0.29) is 0 Å². The molecule has 80 valence electrons. The Morgan fingerprint density at radius 1 is 1.36 bits per heavy atom. The highest BCUT2D eigenvalue weighted by molar-refractivity contribution is 5.09. The van der Waals surface area contributed by atoms with Gasteiger partial charge in [0, 0.05) is 12.7 Å². The highest BCUT2D eigenvalue weighted by atomic mass is 15.3. The van der Waals surface area contributed by atoms with Crippen LogP contribution in [0, 0.1) is 0 Å². The van der Waals surface area contributed by atoms with E-state index in [0.29, 0.717) is 12.0 Å². The molecule has 0 saturated heterocycles. The third-order valence-electron chi connectivity index (χ3n) is 2.37. The summed E-state index contributed by atoms with van der Waals surface area (Å²) >= 11 is 0. The molecule has 1 heterocycles. The van der Waals surface area contributed by atoms with E-state index in [9.17, 15) is 0 Å². The molecule has 1 aromatic rings. The SMILES string of the molecule is CC(C)c1cnn(C(C)CN(C)C)c1. The van der Waals surface area contributed by atoms with Crippen LogP contribution in [-0.4, -0.2) is 35.3 Å². The fraction of sp³-hybridized carbons (Fsp3) is 0.727. The first-order valence-electron chi connectivity index (χ1n) is 5.19. The van der Waals surface area contributed by atoms with Crippen LogP contribution in [-0.2, 0) is 0 Å². The van der Waals surface area contributed by atoms with Gasteiger partial charge in [-0.25, -0.2) is 0 Å². The van der Waals surface area contributed by atoms with Crippen LogP contribution in [0.1, 0.15) is 38.3 Å². The molecule has 14 heavy (non-hydrogen) atoms. The molecule has 0 aromatic carbocycles. The molecule has 0 spiro atoms. The molecule has 1 aromatic heterocycles. The molecule has 0 amide bonds. The largest absolute Gasteiger partial charge is 0.307 e. The zero-order valence-corrected chi connectivity index (χ0v) is 9.86. The predicted molar refractivity (Wildman–Crippen MR) is 59.6 cm³/mol. The average Bonchev–Trinajstić information content (AvgIpc) is 2.50. The molecule has 0 fully saturated rings. The standard InChI is InChI=1S/C11H21N3/c1-9(2)11-6-12-14(8-11)10(3)7-13(4)5/h6,8-10H,7H2,1-5H3. The molecule has 0 aliphatic heterocycles. The van der Waals surface area contributed by atoms with Crippen LogP contribution in [0.3, 0.4) is 0 Å². The van der Waals surface area contributed by atoms with E-state index in [1.54, 1.807) is 0 Å². The van der Waals surface area contributed by atoms with E-state index in [1.807, 2.05) is 6.20 Å². The molecule has 1 atom stereocenters. The second kappa shape index (κ2) is 4.60. The lowest BCUT2D eigenvalue weighted by Gasteiger charge is -2.17. The van der Waals surface area contributed by atoms with Gasteiger partial charge in [-0.3, -0.25) is 4.68 Å². The van der Waals surface area contributed by atoms with Gasteiger partial charge in [-0.2, -0.15) is 5.10 Å². The Balaban J connectivity index is 2.66. The van der Waals surface area contributed by atoms with Gasteiger partial charge in [0.25, 0.3) is 0 Å². The third-order valence-corrected chi connectivity index (χ3v) is 2.37. The fourth-order valence-electron chi connectivity index (χ4n) is 1.50. The smallest absolute Gasteiger partial charge is 0.0617 e. The predicted octanol–water partition coefficient (Wildman–Crippen LogP) is 2.13. The number of likely N-dealkylation sites (N-methyl/N-ethyl adjacent to an activating group) is 1. The van der Waals surface area contributed by atoms with Gasteiger partial charge in [-0.1, -0.05) is 13.8 Å². The minimum absolute atomic E-state index is 0.442. The topological polar surface area (TPSA) is 21.1 Å². The van der Waals surface area contributed by atoms with Crippen molar-refractivity contribution in [1.29, 1.82) is 0 Å². The Kier molecular flexibility index (Phi) is 3.69. The lowest BCUT2D eigenvalue weighted by atomic mass is 10.1. The maximum Gasteiger partial charge on any atom is 0.0617 e. The lowest BCUT2D eigenvalue weighted by molar-refractivity contribution is 0.322. The summed E-state index contributed by atoms with van der Waals surface area (Å²) < 4.78 is 2.05. The van der Waals surface area contributed by atoms with Gasteiger partial charge in [0.2, 0.25) is 0 Å². The van der Waals surface area contributed by atoms with Crippen LogP contribution in [0.25, 0.3) is 0 Å². The Morgan fingerprint density at radius 2 is 2.00 bits per heavy atom. The van der Waals surface area contributed by atoms with Crippen LogP contribution in [0.15, 0.2) is 12.4 Å². The summed E-state index contributed by atoms with van der Waals surface area (Å²) in [5.41, 5.74) is 1.32. The minimum Gasteiger partial charge on any atom is -0.307 e. The third kappa shape index (κ3) is 2.84. The van der Waals surface area contributed by atoms with Crippen LogP contribution in [0.2, 0.25) is 0 Å². The molecule has 0 saturated carbocycles. The van der Waals surface area contributed by atoms with E-state index >= 15 is 0 Å². The average molecular weight is 195 g/mol. The highest BCUT2D eigenvalue weighted by Gasteiger charge is 2.08. The number of nitrogens with zero attached hydrogens (tertiary/aromatic N) is 3. The summed E-state index contributed by atoms with van der Waals surface area (Å²) in [5, 5.41) is 4.38. The van der Waals surface area contributed by atoms with Crippen molar-refractivity contribution in [3.05, 3.63) is 18.0 Å². The van der Waals surface area contributed by atoms with Crippen molar-refractivity contribution < 1.29 is 0 Å². The first kappa shape index (κ1) is 11.2. The van der Waals surface area contributed by atoms with Crippen molar-refractivity contribution in [3.8, 4) is 0 Å². The first-order chi connectivity index (χ1) is 6.50. The van der Waals surface area contributed by atoms with Gasteiger partial charge in [-0.05, 0) is 32.5 Å². The zero-order valence-electron chi connectivity index (χ0n) is 9.86. The molecule has 0 bridgehead atoms. The Morgan fingerprint density at radius 3 is 2.43 bits per heavy atom. The summed E-state index contributed by atoms with van der Waals surface area (Å²) in [4.78, 5) is 2.18. The highest BCUT2D eigenvalue weighted by Crippen LogP contribution is 2.15. The molecule has 3 heteroatoms. The molecule has 1 unspecified atom stereocenters. The van der Waals surface area contributed by atoms with Gasteiger partial charge < -0.3 is 4.90 Å². The van der Waals surface area contributed by atoms with E-state index in [1.165, 1.54) is 5.56 Å². The number of hydrogen-bond acceptors (Lipinski definition) is 2. The summed E-state index contributed by atoms with van der Waals surface area (Å²) in [6.07, 6.45) is 4.12. The zero-order chi connectivity index (χ0) is 10.7. The molecular weight excluding hydrogens is 174 g/mol. The molecular formula is C11H21N3. The fourth-order valence-corrected chi connectivity index (χ4v) is 1.50. The molecule has 0 radical (unpaired) electrons. The maximum atomic E-state index is 4.38. The molecule has 0 N–H and O–H groups in total. The monoisotopic (exact) mass is 195 g/mol. The second-order valence-electron chi connectivity index (χ2n) is 4.52. The summed E-state index contributed by atoms with van der Waals surface area (Å²) in [6.45, 7) is 7.60. The normalized spacial score (nSPS) is 13.9. The summed E-state index contributed by atoms with van der Waals surface area (Å²) in [7, 11) is 4.17. The summed E-state index contributed by atoms with van der Waals surface area (Å²) in [6, 6.07) is 0.442. The quantitative estimate of drug-likeness (QED) is 0.734. The lowest BCUT2D eigenvalue weighted by Crippen LogP contribution is -2.22. The molecule has 3 nitrogen and oxygen atoms in total. The van der Waals surface area contributed by atoms with Crippen molar-refractivity contribution in [1.82, 2.24) is 14.7 Å². The van der Waals surface area contributed by atoms with Crippen molar-refractivity contribution in [2.45, 2.75) is 32.7 Å². The number of aromatic nitrogens is 2.